The molecule has 0 radical (unpaired) electrons. The van der Waals surface area contributed by atoms with Crippen molar-refractivity contribution in [3.8, 4) is 17.2 Å². The monoisotopic (exact) mass is 422 g/mol. The SMILES string of the molecule is COC(=O)COc1ccc(C(=O)NNC(=O)c2ccc(Cl)cc2OC)cc1OC. The minimum atomic E-state index is -0.593. The quantitative estimate of drug-likeness (QED) is 0.518. The summed E-state index contributed by atoms with van der Waals surface area (Å²) in [4.78, 5) is 35.8. The van der Waals surface area contributed by atoms with Crippen LogP contribution in [0.15, 0.2) is 36.4 Å². The highest BCUT2D eigenvalue weighted by Crippen LogP contribution is 2.28. The molecule has 0 unspecified atom stereocenters. The fourth-order valence-electron chi connectivity index (χ4n) is 2.23. The molecule has 154 valence electrons. The first-order valence-electron chi connectivity index (χ1n) is 8.21. The van der Waals surface area contributed by atoms with E-state index >= 15 is 0 Å². The second-order valence-corrected chi connectivity index (χ2v) is 5.92. The van der Waals surface area contributed by atoms with Gasteiger partial charge in [-0.3, -0.25) is 20.4 Å². The van der Waals surface area contributed by atoms with Crippen molar-refractivity contribution in [2.75, 3.05) is 27.9 Å². The van der Waals surface area contributed by atoms with Gasteiger partial charge in [-0.1, -0.05) is 11.6 Å². The molecular formula is C19H19ClN2O7. The largest absolute Gasteiger partial charge is 0.496 e. The van der Waals surface area contributed by atoms with Crippen molar-refractivity contribution < 1.29 is 33.3 Å². The summed E-state index contributed by atoms with van der Waals surface area (Å²) in [6.07, 6.45) is 0. The van der Waals surface area contributed by atoms with Crippen LogP contribution in [0.3, 0.4) is 0 Å². The Labute approximate surface area is 171 Å². The number of carbonyl (C=O) groups excluding carboxylic acids is 3. The van der Waals surface area contributed by atoms with Crippen LogP contribution in [0, 0.1) is 0 Å². The number of nitrogens with one attached hydrogen (secondary N) is 2. The van der Waals surface area contributed by atoms with Crippen LogP contribution in [0.25, 0.3) is 0 Å². The summed E-state index contributed by atoms with van der Waals surface area (Å²) in [5, 5.41) is 0.407. The molecule has 0 fully saturated rings. The van der Waals surface area contributed by atoms with Gasteiger partial charge in [-0.15, -0.1) is 0 Å². The number of halogens is 1. The van der Waals surface area contributed by atoms with Crippen molar-refractivity contribution in [1.29, 1.82) is 0 Å². The van der Waals surface area contributed by atoms with Crippen LogP contribution in [0.5, 0.6) is 17.2 Å². The molecule has 0 heterocycles. The van der Waals surface area contributed by atoms with Crippen LogP contribution in [-0.2, 0) is 9.53 Å². The Morgan fingerprint density at radius 1 is 0.862 bits per heavy atom. The molecule has 2 N–H and O–H groups in total. The standard InChI is InChI=1S/C19H19ClN2O7/c1-26-15-9-12(20)5-6-13(15)19(25)22-21-18(24)11-4-7-14(16(8-11)27-2)29-10-17(23)28-3/h4-9H,10H2,1-3H3,(H,21,24)(H,22,25). The summed E-state index contributed by atoms with van der Waals surface area (Å²) < 4.78 is 20.1. The Kier molecular flexibility index (Phi) is 7.67. The molecule has 2 aromatic carbocycles. The number of hydrazine groups is 1. The van der Waals surface area contributed by atoms with E-state index < -0.39 is 17.8 Å². The van der Waals surface area contributed by atoms with Gasteiger partial charge in [-0.2, -0.15) is 0 Å². The maximum Gasteiger partial charge on any atom is 0.343 e. The van der Waals surface area contributed by atoms with Gasteiger partial charge in [0.25, 0.3) is 11.8 Å². The lowest BCUT2D eigenvalue weighted by molar-refractivity contribution is -0.142. The van der Waals surface area contributed by atoms with Crippen LogP contribution in [0.4, 0.5) is 0 Å². The van der Waals surface area contributed by atoms with E-state index in [0.717, 1.165) is 0 Å². The normalized spacial score (nSPS) is 9.93. The maximum absolute atomic E-state index is 12.3. The zero-order valence-corrected chi connectivity index (χ0v) is 16.7. The first kappa shape index (κ1) is 21.8. The van der Waals surface area contributed by atoms with Crippen molar-refractivity contribution in [1.82, 2.24) is 10.9 Å². The average Bonchev–Trinajstić information content (AvgIpc) is 2.74. The van der Waals surface area contributed by atoms with Crippen LogP contribution in [0.2, 0.25) is 5.02 Å². The van der Waals surface area contributed by atoms with Gasteiger partial charge in [-0.05, 0) is 36.4 Å². The van der Waals surface area contributed by atoms with Crippen molar-refractivity contribution in [3.63, 3.8) is 0 Å². The summed E-state index contributed by atoms with van der Waals surface area (Å²) >= 11 is 5.87. The first-order chi connectivity index (χ1) is 13.9. The molecule has 0 saturated heterocycles. The van der Waals surface area contributed by atoms with E-state index in [4.69, 9.17) is 25.8 Å². The van der Waals surface area contributed by atoms with Crippen molar-refractivity contribution >= 4 is 29.4 Å². The number of hydrogen-bond donors (Lipinski definition) is 2. The number of hydrogen-bond acceptors (Lipinski definition) is 7. The van der Waals surface area contributed by atoms with Crippen LogP contribution in [-0.4, -0.2) is 45.7 Å². The summed E-state index contributed by atoms with van der Waals surface area (Å²) in [6, 6.07) is 8.78. The Balaban J connectivity index is 2.05. The first-order valence-corrected chi connectivity index (χ1v) is 8.59. The lowest BCUT2D eigenvalue weighted by Gasteiger charge is -2.13. The van der Waals surface area contributed by atoms with E-state index in [1.54, 1.807) is 0 Å². The van der Waals surface area contributed by atoms with Gasteiger partial charge < -0.3 is 18.9 Å². The third kappa shape index (κ3) is 5.76. The van der Waals surface area contributed by atoms with Gasteiger partial charge in [0.1, 0.15) is 5.75 Å². The molecular weight excluding hydrogens is 404 g/mol. The Hall–Kier alpha value is -3.46. The Morgan fingerprint density at radius 3 is 2.21 bits per heavy atom. The van der Waals surface area contributed by atoms with Crippen molar-refractivity contribution in [3.05, 3.63) is 52.5 Å². The number of benzene rings is 2. The molecule has 2 amide bonds. The number of methoxy groups -OCH3 is 3. The van der Waals surface area contributed by atoms with Crippen LogP contribution in [0.1, 0.15) is 20.7 Å². The molecule has 0 aliphatic carbocycles. The van der Waals surface area contributed by atoms with Gasteiger partial charge >= 0.3 is 5.97 Å². The lowest BCUT2D eigenvalue weighted by atomic mass is 10.2. The van der Waals surface area contributed by atoms with Crippen molar-refractivity contribution in [2.45, 2.75) is 0 Å². The lowest BCUT2D eigenvalue weighted by Crippen LogP contribution is -2.41. The summed E-state index contributed by atoms with van der Waals surface area (Å²) in [7, 11) is 4.03. The molecule has 0 aliphatic heterocycles. The maximum atomic E-state index is 12.3. The van der Waals surface area contributed by atoms with E-state index in [9.17, 15) is 14.4 Å². The third-order valence-electron chi connectivity index (χ3n) is 3.70. The van der Waals surface area contributed by atoms with Gasteiger partial charge in [0.2, 0.25) is 0 Å². The molecule has 2 rings (SSSR count). The fraction of sp³-hybridized carbons (Fsp3) is 0.211. The highest BCUT2D eigenvalue weighted by molar-refractivity contribution is 6.30. The predicted octanol–water partition coefficient (Wildman–Crippen LogP) is 1.98. The van der Waals surface area contributed by atoms with Crippen molar-refractivity contribution in [2.24, 2.45) is 0 Å². The minimum Gasteiger partial charge on any atom is -0.496 e. The molecule has 29 heavy (non-hydrogen) atoms. The topological polar surface area (TPSA) is 112 Å². The minimum absolute atomic E-state index is 0.190. The number of ether oxygens (including phenoxy) is 4. The van der Waals surface area contributed by atoms with Gasteiger partial charge in [0, 0.05) is 10.6 Å². The molecule has 0 spiro atoms. The number of carbonyl (C=O) groups is 3. The van der Waals surface area contributed by atoms with E-state index in [1.165, 1.54) is 57.7 Å². The molecule has 10 heteroatoms. The third-order valence-corrected chi connectivity index (χ3v) is 3.93. The molecule has 0 aliphatic rings. The zero-order valence-electron chi connectivity index (χ0n) is 15.9. The molecule has 0 atom stereocenters. The average molecular weight is 423 g/mol. The summed E-state index contributed by atoms with van der Waals surface area (Å²) in [6.45, 7) is -0.308. The van der Waals surface area contributed by atoms with E-state index in [-0.39, 0.29) is 35.0 Å². The number of rotatable bonds is 7. The smallest absolute Gasteiger partial charge is 0.343 e. The van der Waals surface area contributed by atoms with E-state index in [2.05, 4.69) is 15.6 Å². The second kappa shape index (κ2) is 10.2. The molecule has 0 saturated carbocycles. The van der Waals surface area contributed by atoms with E-state index in [1.807, 2.05) is 0 Å². The van der Waals surface area contributed by atoms with Crippen LogP contribution >= 0.6 is 11.6 Å². The summed E-state index contributed by atoms with van der Waals surface area (Å²) in [5.74, 6) is -0.996. The Bertz CT molecular complexity index is 917. The van der Waals surface area contributed by atoms with E-state index in [0.29, 0.717) is 5.02 Å². The van der Waals surface area contributed by atoms with Gasteiger partial charge in [-0.25, -0.2) is 4.79 Å². The second-order valence-electron chi connectivity index (χ2n) is 5.48. The number of esters is 1. The predicted molar refractivity (Wildman–Crippen MR) is 103 cm³/mol. The highest BCUT2D eigenvalue weighted by atomic mass is 35.5. The summed E-state index contributed by atoms with van der Waals surface area (Å²) in [5.41, 5.74) is 4.98. The molecule has 2 aromatic rings. The van der Waals surface area contributed by atoms with Gasteiger partial charge in [0.15, 0.2) is 18.1 Å². The van der Waals surface area contributed by atoms with Gasteiger partial charge in [0.05, 0.1) is 26.9 Å². The zero-order chi connectivity index (χ0) is 21.4. The Morgan fingerprint density at radius 2 is 1.55 bits per heavy atom. The van der Waals surface area contributed by atoms with Crippen LogP contribution < -0.4 is 25.1 Å². The molecule has 9 nitrogen and oxygen atoms in total. The number of amides is 2. The molecule has 0 aromatic heterocycles. The highest BCUT2D eigenvalue weighted by Gasteiger charge is 2.16. The molecule has 0 bridgehead atoms. The fourth-order valence-corrected chi connectivity index (χ4v) is 2.39.